The molecule has 0 saturated heterocycles. The molecular formula is C19H18BrN5O2. The number of aryl methyl sites for hydroxylation is 1. The lowest BCUT2D eigenvalue weighted by molar-refractivity contribution is 0.102. The number of carbonyl (C=O) groups is 1. The summed E-state index contributed by atoms with van der Waals surface area (Å²) in [7, 11) is 0. The zero-order valence-corrected chi connectivity index (χ0v) is 16.3. The Morgan fingerprint density at radius 3 is 2.63 bits per heavy atom. The molecule has 2 aromatic heterocycles. The highest BCUT2D eigenvalue weighted by Crippen LogP contribution is 2.42. The second kappa shape index (κ2) is 7.11. The van der Waals surface area contributed by atoms with Crippen LogP contribution in [0.5, 0.6) is 0 Å². The Kier molecular flexibility index (Phi) is 4.65. The lowest BCUT2D eigenvalue weighted by atomic mass is 10.2. The van der Waals surface area contributed by atoms with Crippen molar-refractivity contribution in [2.45, 2.75) is 32.2 Å². The van der Waals surface area contributed by atoms with Gasteiger partial charge in [-0.15, -0.1) is 5.10 Å². The summed E-state index contributed by atoms with van der Waals surface area (Å²) >= 11 is 3.43. The second-order valence-electron chi connectivity index (χ2n) is 6.48. The normalized spacial score (nSPS) is 13.6. The van der Waals surface area contributed by atoms with Gasteiger partial charge in [-0.25, -0.2) is 4.68 Å². The van der Waals surface area contributed by atoms with Crippen LogP contribution in [-0.4, -0.2) is 25.5 Å². The lowest BCUT2D eigenvalue weighted by Gasteiger charge is -2.09. The number of hydrogen-bond acceptors (Lipinski definition) is 4. The van der Waals surface area contributed by atoms with Gasteiger partial charge in [0.15, 0.2) is 5.69 Å². The van der Waals surface area contributed by atoms with Gasteiger partial charge >= 0.3 is 0 Å². The zero-order valence-electron chi connectivity index (χ0n) is 14.7. The smallest absolute Gasteiger partial charge is 0.278 e. The van der Waals surface area contributed by atoms with Crippen LogP contribution in [0.25, 0.3) is 5.69 Å². The molecule has 2 heterocycles. The van der Waals surface area contributed by atoms with Crippen molar-refractivity contribution in [3.05, 3.63) is 68.8 Å². The van der Waals surface area contributed by atoms with Crippen LogP contribution in [-0.2, 0) is 6.54 Å². The summed E-state index contributed by atoms with van der Waals surface area (Å²) in [5.74, 6) is -0.0319. The average Bonchev–Trinajstić information content (AvgIpc) is 3.42. The van der Waals surface area contributed by atoms with Gasteiger partial charge in [-0.1, -0.05) is 21.1 Å². The Labute approximate surface area is 164 Å². The van der Waals surface area contributed by atoms with E-state index < -0.39 is 0 Å². The molecular weight excluding hydrogens is 410 g/mol. The van der Waals surface area contributed by atoms with Gasteiger partial charge in [-0.3, -0.25) is 9.59 Å². The number of halogens is 1. The number of rotatable bonds is 5. The third kappa shape index (κ3) is 3.57. The van der Waals surface area contributed by atoms with Crippen molar-refractivity contribution in [1.29, 1.82) is 0 Å². The van der Waals surface area contributed by atoms with Crippen molar-refractivity contribution in [2.75, 3.05) is 5.32 Å². The fourth-order valence-electron chi connectivity index (χ4n) is 2.99. The number of nitrogens with zero attached hydrogens (tertiary/aromatic N) is 4. The molecule has 0 unspecified atom stereocenters. The van der Waals surface area contributed by atoms with E-state index in [1.807, 2.05) is 31.2 Å². The highest BCUT2D eigenvalue weighted by Gasteiger charge is 2.34. The maximum atomic E-state index is 12.8. The topological polar surface area (TPSA) is 81.8 Å². The van der Waals surface area contributed by atoms with Gasteiger partial charge in [-0.05, 0) is 50.1 Å². The minimum atomic E-state index is -0.318. The molecule has 138 valence electrons. The summed E-state index contributed by atoms with van der Waals surface area (Å²) in [4.78, 5) is 24.5. The first kappa shape index (κ1) is 17.7. The number of hydrogen-bond donors (Lipinski definition) is 1. The van der Waals surface area contributed by atoms with Crippen LogP contribution in [0.15, 0.2) is 51.9 Å². The van der Waals surface area contributed by atoms with E-state index >= 15 is 0 Å². The highest BCUT2D eigenvalue weighted by atomic mass is 79.9. The summed E-state index contributed by atoms with van der Waals surface area (Å²) < 4.78 is 4.26. The average molecular weight is 428 g/mol. The molecule has 0 radical (unpaired) electrons. The lowest BCUT2D eigenvalue weighted by Crippen LogP contribution is -2.20. The molecule has 0 aliphatic heterocycles. The van der Waals surface area contributed by atoms with Gasteiger partial charge in [0.2, 0.25) is 0 Å². The third-order valence-corrected chi connectivity index (χ3v) is 5.07. The summed E-state index contributed by atoms with van der Waals surface area (Å²) in [5, 5.41) is 11.2. The van der Waals surface area contributed by atoms with Gasteiger partial charge in [0, 0.05) is 29.2 Å². The Morgan fingerprint density at radius 2 is 1.96 bits per heavy atom. The van der Waals surface area contributed by atoms with Gasteiger partial charge in [0.05, 0.1) is 17.1 Å². The molecule has 0 bridgehead atoms. The molecule has 1 N–H and O–H groups in total. The van der Waals surface area contributed by atoms with Crippen molar-refractivity contribution in [1.82, 2.24) is 19.6 Å². The van der Waals surface area contributed by atoms with Crippen molar-refractivity contribution < 1.29 is 4.79 Å². The standard InChI is InChI=1S/C19H18BrN5O2/c1-2-24-11-14(7-10-16(24)26)21-19(27)17-18(12-3-4-12)25(23-22-17)15-8-5-13(20)6-9-15/h5-12H,2-4H2,1H3,(H,21,27). The van der Waals surface area contributed by atoms with Crippen molar-refractivity contribution in [3.8, 4) is 5.69 Å². The molecule has 27 heavy (non-hydrogen) atoms. The first-order valence-electron chi connectivity index (χ1n) is 8.80. The van der Waals surface area contributed by atoms with Crippen LogP contribution in [0.3, 0.4) is 0 Å². The number of anilines is 1. The predicted octanol–water partition coefficient (Wildman–Crippen LogP) is 3.34. The van der Waals surface area contributed by atoms with Gasteiger partial charge < -0.3 is 9.88 Å². The van der Waals surface area contributed by atoms with E-state index in [2.05, 4.69) is 31.6 Å². The number of aromatic nitrogens is 4. The summed E-state index contributed by atoms with van der Waals surface area (Å²) in [6.45, 7) is 2.41. The van der Waals surface area contributed by atoms with Crippen LogP contribution in [0.4, 0.5) is 5.69 Å². The van der Waals surface area contributed by atoms with Crippen molar-refractivity contribution in [2.24, 2.45) is 0 Å². The molecule has 7 nitrogen and oxygen atoms in total. The maximum Gasteiger partial charge on any atom is 0.278 e. The molecule has 8 heteroatoms. The zero-order chi connectivity index (χ0) is 19.0. The monoisotopic (exact) mass is 427 g/mol. The van der Waals surface area contributed by atoms with E-state index in [-0.39, 0.29) is 17.4 Å². The molecule has 4 rings (SSSR count). The van der Waals surface area contributed by atoms with Crippen LogP contribution in [0.1, 0.15) is 41.9 Å². The molecule has 1 aliphatic rings. The predicted molar refractivity (Wildman–Crippen MR) is 105 cm³/mol. The first-order valence-corrected chi connectivity index (χ1v) is 9.59. The molecule has 3 aromatic rings. The van der Waals surface area contributed by atoms with Crippen LogP contribution < -0.4 is 10.9 Å². The Morgan fingerprint density at radius 1 is 1.22 bits per heavy atom. The van der Waals surface area contributed by atoms with Crippen LogP contribution >= 0.6 is 15.9 Å². The van der Waals surface area contributed by atoms with E-state index in [0.717, 1.165) is 28.7 Å². The number of carbonyl (C=O) groups excluding carboxylic acids is 1. The highest BCUT2D eigenvalue weighted by molar-refractivity contribution is 9.10. The summed E-state index contributed by atoms with van der Waals surface area (Å²) in [6.07, 6.45) is 3.67. The van der Waals surface area contributed by atoms with E-state index in [1.165, 1.54) is 10.6 Å². The van der Waals surface area contributed by atoms with E-state index in [0.29, 0.717) is 17.9 Å². The van der Waals surface area contributed by atoms with Crippen LogP contribution in [0, 0.1) is 0 Å². The number of amides is 1. The van der Waals surface area contributed by atoms with Crippen molar-refractivity contribution >= 4 is 27.5 Å². The number of benzene rings is 1. The second-order valence-corrected chi connectivity index (χ2v) is 7.40. The number of pyridine rings is 1. The molecule has 1 aliphatic carbocycles. The molecule has 1 saturated carbocycles. The summed E-state index contributed by atoms with van der Waals surface area (Å²) in [5.41, 5.74) is 2.48. The van der Waals surface area contributed by atoms with Gasteiger partial charge in [-0.2, -0.15) is 0 Å². The largest absolute Gasteiger partial charge is 0.319 e. The molecule has 1 amide bonds. The summed E-state index contributed by atoms with van der Waals surface area (Å²) in [6, 6.07) is 10.8. The van der Waals surface area contributed by atoms with E-state index in [1.54, 1.807) is 16.9 Å². The molecule has 0 spiro atoms. The Balaban J connectivity index is 1.66. The molecule has 1 aromatic carbocycles. The van der Waals surface area contributed by atoms with Crippen molar-refractivity contribution in [3.63, 3.8) is 0 Å². The van der Waals surface area contributed by atoms with Gasteiger partial charge in [0.25, 0.3) is 11.5 Å². The molecule has 1 fully saturated rings. The fraction of sp³-hybridized carbons (Fsp3) is 0.263. The quantitative estimate of drug-likeness (QED) is 0.676. The van der Waals surface area contributed by atoms with E-state index in [9.17, 15) is 9.59 Å². The number of nitrogens with one attached hydrogen (secondary N) is 1. The van der Waals surface area contributed by atoms with Gasteiger partial charge in [0.1, 0.15) is 0 Å². The third-order valence-electron chi connectivity index (χ3n) is 4.54. The maximum absolute atomic E-state index is 12.8. The Bertz CT molecular complexity index is 1050. The van der Waals surface area contributed by atoms with Crippen LogP contribution in [0.2, 0.25) is 0 Å². The Hall–Kier alpha value is -2.74. The van der Waals surface area contributed by atoms with E-state index in [4.69, 9.17) is 0 Å². The fourth-order valence-corrected chi connectivity index (χ4v) is 3.25. The molecule has 0 atom stereocenters. The minimum Gasteiger partial charge on any atom is -0.319 e. The SMILES string of the molecule is CCn1cc(NC(=O)c2nnn(-c3ccc(Br)cc3)c2C2CC2)ccc1=O. The first-order chi connectivity index (χ1) is 13.1. The minimum absolute atomic E-state index is 0.102.